The Morgan fingerprint density at radius 3 is 1.95 bits per heavy atom. The molecule has 0 unspecified atom stereocenters. The number of carbonyl (C=O) groups is 1. The van der Waals surface area contributed by atoms with E-state index in [1.54, 1.807) is 0 Å². The Kier molecular flexibility index (Phi) is 4.91. The van der Waals surface area contributed by atoms with E-state index in [0.717, 1.165) is 71.2 Å². The van der Waals surface area contributed by atoms with Crippen molar-refractivity contribution in [3.63, 3.8) is 0 Å². The van der Waals surface area contributed by atoms with Gasteiger partial charge >= 0.3 is 0 Å². The standard InChI is InChI=1S/C15H28N4O/c20-15(13-1-5-16-6-2-13)19-11-9-18(10-12-19)14-3-7-17-8-4-14/h13-14,16-17H,1-12H2. The van der Waals surface area contributed by atoms with Crippen molar-refractivity contribution in [1.82, 2.24) is 20.4 Å². The number of nitrogens with zero attached hydrogens (tertiary/aromatic N) is 2. The summed E-state index contributed by atoms with van der Waals surface area (Å²) in [5.41, 5.74) is 0. The van der Waals surface area contributed by atoms with E-state index in [1.165, 1.54) is 12.8 Å². The summed E-state index contributed by atoms with van der Waals surface area (Å²) in [6.45, 7) is 8.33. The Bertz CT molecular complexity index is 316. The van der Waals surface area contributed by atoms with E-state index in [4.69, 9.17) is 0 Å². The minimum Gasteiger partial charge on any atom is -0.340 e. The molecule has 0 radical (unpaired) electrons. The largest absolute Gasteiger partial charge is 0.340 e. The lowest BCUT2D eigenvalue weighted by Crippen LogP contribution is -2.55. The molecule has 3 fully saturated rings. The van der Waals surface area contributed by atoms with Crippen LogP contribution in [-0.2, 0) is 4.79 Å². The second kappa shape index (κ2) is 6.87. The summed E-state index contributed by atoms with van der Waals surface area (Å²) >= 11 is 0. The number of carbonyl (C=O) groups excluding carboxylic acids is 1. The summed E-state index contributed by atoms with van der Waals surface area (Å²) in [6, 6.07) is 0.743. The zero-order valence-corrected chi connectivity index (χ0v) is 12.4. The maximum Gasteiger partial charge on any atom is 0.225 e. The number of hydrogen-bond acceptors (Lipinski definition) is 4. The quantitative estimate of drug-likeness (QED) is 0.740. The van der Waals surface area contributed by atoms with Crippen LogP contribution in [0.5, 0.6) is 0 Å². The van der Waals surface area contributed by atoms with E-state index in [-0.39, 0.29) is 5.92 Å². The van der Waals surface area contributed by atoms with E-state index >= 15 is 0 Å². The van der Waals surface area contributed by atoms with Gasteiger partial charge in [-0.05, 0) is 51.9 Å². The van der Waals surface area contributed by atoms with Gasteiger partial charge in [-0.3, -0.25) is 9.69 Å². The van der Waals surface area contributed by atoms with Gasteiger partial charge in [0.15, 0.2) is 0 Å². The van der Waals surface area contributed by atoms with E-state index in [1.807, 2.05) is 0 Å². The molecule has 114 valence electrons. The molecule has 5 heteroatoms. The van der Waals surface area contributed by atoms with Crippen molar-refractivity contribution in [1.29, 1.82) is 0 Å². The van der Waals surface area contributed by atoms with Gasteiger partial charge in [-0.2, -0.15) is 0 Å². The number of amides is 1. The van der Waals surface area contributed by atoms with Crippen LogP contribution < -0.4 is 10.6 Å². The second-order valence-corrected chi connectivity index (χ2v) is 6.37. The predicted molar refractivity (Wildman–Crippen MR) is 79.6 cm³/mol. The van der Waals surface area contributed by atoms with Gasteiger partial charge in [-0.15, -0.1) is 0 Å². The third-order valence-corrected chi connectivity index (χ3v) is 5.14. The van der Waals surface area contributed by atoms with Gasteiger partial charge < -0.3 is 15.5 Å². The third kappa shape index (κ3) is 3.32. The molecular weight excluding hydrogens is 252 g/mol. The molecule has 0 bridgehead atoms. The first kappa shape index (κ1) is 14.3. The Labute approximate surface area is 122 Å². The fraction of sp³-hybridized carbons (Fsp3) is 0.933. The maximum atomic E-state index is 12.5. The van der Waals surface area contributed by atoms with Crippen LogP contribution in [-0.4, -0.2) is 74.1 Å². The van der Waals surface area contributed by atoms with Crippen molar-refractivity contribution < 1.29 is 4.79 Å². The van der Waals surface area contributed by atoms with Crippen molar-refractivity contribution in [2.45, 2.75) is 31.7 Å². The molecule has 0 aromatic rings. The Morgan fingerprint density at radius 1 is 0.800 bits per heavy atom. The van der Waals surface area contributed by atoms with Gasteiger partial charge in [-0.25, -0.2) is 0 Å². The van der Waals surface area contributed by atoms with Crippen molar-refractivity contribution in [2.24, 2.45) is 5.92 Å². The van der Waals surface area contributed by atoms with Crippen molar-refractivity contribution in [3.05, 3.63) is 0 Å². The molecular formula is C15H28N4O. The van der Waals surface area contributed by atoms with E-state index in [0.29, 0.717) is 5.91 Å². The highest BCUT2D eigenvalue weighted by molar-refractivity contribution is 5.79. The molecule has 3 saturated heterocycles. The van der Waals surface area contributed by atoms with Crippen LogP contribution in [0.3, 0.4) is 0 Å². The molecule has 1 amide bonds. The zero-order chi connectivity index (χ0) is 13.8. The second-order valence-electron chi connectivity index (χ2n) is 6.37. The summed E-state index contributed by atoms with van der Waals surface area (Å²) in [6.07, 6.45) is 4.57. The molecule has 0 aromatic heterocycles. The minimum atomic E-state index is 0.279. The topological polar surface area (TPSA) is 47.6 Å². The lowest BCUT2D eigenvalue weighted by Gasteiger charge is -2.42. The molecule has 0 atom stereocenters. The Balaban J connectivity index is 1.46. The fourth-order valence-corrected chi connectivity index (χ4v) is 3.81. The van der Waals surface area contributed by atoms with Crippen LogP contribution in [0.1, 0.15) is 25.7 Å². The molecule has 20 heavy (non-hydrogen) atoms. The van der Waals surface area contributed by atoms with Gasteiger partial charge in [0.2, 0.25) is 5.91 Å². The van der Waals surface area contributed by atoms with Crippen LogP contribution in [0.2, 0.25) is 0 Å². The molecule has 0 aromatic carbocycles. The summed E-state index contributed by atoms with van der Waals surface area (Å²) in [4.78, 5) is 17.2. The van der Waals surface area contributed by atoms with E-state index in [2.05, 4.69) is 20.4 Å². The average molecular weight is 280 g/mol. The van der Waals surface area contributed by atoms with Crippen LogP contribution in [0.25, 0.3) is 0 Å². The van der Waals surface area contributed by atoms with Gasteiger partial charge in [-0.1, -0.05) is 0 Å². The van der Waals surface area contributed by atoms with Gasteiger partial charge in [0.1, 0.15) is 0 Å². The van der Waals surface area contributed by atoms with Crippen LogP contribution >= 0.6 is 0 Å². The molecule has 3 aliphatic rings. The summed E-state index contributed by atoms with van der Waals surface area (Å²) < 4.78 is 0. The number of nitrogens with one attached hydrogen (secondary N) is 2. The molecule has 3 aliphatic heterocycles. The lowest BCUT2D eigenvalue weighted by atomic mass is 9.96. The van der Waals surface area contributed by atoms with Crippen molar-refractivity contribution >= 4 is 5.91 Å². The molecule has 3 rings (SSSR count). The highest BCUT2D eigenvalue weighted by Crippen LogP contribution is 2.19. The summed E-state index contributed by atoms with van der Waals surface area (Å²) in [5.74, 6) is 0.693. The first-order chi connectivity index (χ1) is 9.84. The van der Waals surface area contributed by atoms with E-state index in [9.17, 15) is 4.79 Å². The average Bonchev–Trinajstić information content (AvgIpc) is 2.56. The Morgan fingerprint density at radius 2 is 1.35 bits per heavy atom. The number of piperazine rings is 1. The van der Waals surface area contributed by atoms with Crippen molar-refractivity contribution in [3.8, 4) is 0 Å². The third-order valence-electron chi connectivity index (χ3n) is 5.14. The Hall–Kier alpha value is -0.650. The lowest BCUT2D eigenvalue weighted by molar-refractivity contribution is -0.138. The van der Waals surface area contributed by atoms with Crippen LogP contribution in [0.15, 0.2) is 0 Å². The van der Waals surface area contributed by atoms with Crippen LogP contribution in [0.4, 0.5) is 0 Å². The monoisotopic (exact) mass is 280 g/mol. The first-order valence-corrected chi connectivity index (χ1v) is 8.29. The molecule has 2 N–H and O–H groups in total. The normalized spacial score (nSPS) is 27.7. The number of rotatable bonds is 2. The van der Waals surface area contributed by atoms with Gasteiger partial charge in [0, 0.05) is 38.1 Å². The zero-order valence-electron chi connectivity index (χ0n) is 12.4. The van der Waals surface area contributed by atoms with Crippen LogP contribution in [0, 0.1) is 5.92 Å². The summed E-state index contributed by atoms with van der Waals surface area (Å²) in [7, 11) is 0. The smallest absolute Gasteiger partial charge is 0.225 e. The van der Waals surface area contributed by atoms with Crippen molar-refractivity contribution in [2.75, 3.05) is 52.4 Å². The number of piperidine rings is 2. The summed E-state index contributed by atoms with van der Waals surface area (Å²) in [5, 5.41) is 6.76. The minimum absolute atomic E-state index is 0.279. The number of hydrogen-bond donors (Lipinski definition) is 2. The van der Waals surface area contributed by atoms with E-state index < -0.39 is 0 Å². The highest BCUT2D eigenvalue weighted by Gasteiger charge is 2.30. The molecule has 0 aliphatic carbocycles. The maximum absolute atomic E-state index is 12.5. The SMILES string of the molecule is O=C(C1CCNCC1)N1CCN(C2CCNCC2)CC1. The molecule has 5 nitrogen and oxygen atoms in total. The molecule has 3 heterocycles. The van der Waals surface area contributed by atoms with Gasteiger partial charge in [0.25, 0.3) is 0 Å². The predicted octanol–water partition coefficient (Wildman–Crippen LogP) is -0.118. The molecule has 0 saturated carbocycles. The highest BCUT2D eigenvalue weighted by atomic mass is 16.2. The molecule has 0 spiro atoms. The first-order valence-electron chi connectivity index (χ1n) is 8.29. The van der Waals surface area contributed by atoms with Gasteiger partial charge in [0.05, 0.1) is 0 Å². The fourth-order valence-electron chi connectivity index (χ4n) is 3.81.